The van der Waals surface area contributed by atoms with E-state index in [1.54, 1.807) is 49.7 Å². The number of amides is 1. The van der Waals surface area contributed by atoms with Gasteiger partial charge >= 0.3 is 0 Å². The molecule has 1 N–H and O–H groups in total. The van der Waals surface area contributed by atoms with Crippen LogP contribution < -0.4 is 19.5 Å². The Labute approximate surface area is 207 Å². The van der Waals surface area contributed by atoms with Gasteiger partial charge < -0.3 is 24.3 Å². The quantitative estimate of drug-likeness (QED) is 0.375. The zero-order chi connectivity index (χ0) is 25.1. The van der Waals surface area contributed by atoms with Gasteiger partial charge in [0, 0.05) is 18.0 Å². The topological polar surface area (TPSA) is 123 Å². The Morgan fingerprint density at radius 2 is 1.97 bits per heavy atom. The van der Waals surface area contributed by atoms with Gasteiger partial charge in [0.15, 0.2) is 11.5 Å². The third kappa shape index (κ3) is 5.20. The van der Waals surface area contributed by atoms with E-state index in [2.05, 4.69) is 25.6 Å². The molecule has 1 fully saturated rings. The summed E-state index contributed by atoms with van der Waals surface area (Å²) >= 11 is 0. The SMILES string of the molecule is COc1cc2c(Oc3ccc(NC(=O)Cn4cc(C(C)C)nn4)cc3)ncnc2cc1OC1COC1. The van der Waals surface area contributed by atoms with Crippen LogP contribution in [0.3, 0.4) is 0 Å². The first-order chi connectivity index (χ1) is 17.5. The van der Waals surface area contributed by atoms with E-state index in [1.165, 1.54) is 11.0 Å². The molecular formula is C25H26N6O5. The molecule has 1 amide bonds. The molecule has 11 heteroatoms. The number of carbonyl (C=O) groups excluding carboxylic acids is 1. The maximum Gasteiger partial charge on any atom is 0.246 e. The van der Waals surface area contributed by atoms with Crippen LogP contribution in [0.15, 0.2) is 48.9 Å². The lowest BCUT2D eigenvalue weighted by Crippen LogP contribution is -2.38. The van der Waals surface area contributed by atoms with Crippen LogP contribution in [0.2, 0.25) is 0 Å². The molecule has 4 aromatic rings. The summed E-state index contributed by atoms with van der Waals surface area (Å²) in [6.45, 7) is 5.23. The number of nitrogens with zero attached hydrogens (tertiary/aromatic N) is 5. The Balaban J connectivity index is 1.27. The monoisotopic (exact) mass is 490 g/mol. The second kappa shape index (κ2) is 10.2. The Kier molecular flexibility index (Phi) is 6.63. The van der Waals surface area contributed by atoms with Gasteiger partial charge in [-0.05, 0) is 36.2 Å². The molecule has 11 nitrogen and oxygen atoms in total. The van der Waals surface area contributed by atoms with Crippen molar-refractivity contribution in [3.05, 3.63) is 54.6 Å². The maximum absolute atomic E-state index is 12.4. The van der Waals surface area contributed by atoms with Crippen LogP contribution in [0.5, 0.6) is 23.1 Å². The van der Waals surface area contributed by atoms with Crippen LogP contribution in [0.4, 0.5) is 5.69 Å². The van der Waals surface area contributed by atoms with Crippen molar-refractivity contribution in [2.75, 3.05) is 25.6 Å². The van der Waals surface area contributed by atoms with Crippen molar-refractivity contribution in [2.45, 2.75) is 32.4 Å². The van der Waals surface area contributed by atoms with Crippen LogP contribution in [-0.2, 0) is 16.1 Å². The average molecular weight is 491 g/mol. The van der Waals surface area contributed by atoms with Crippen molar-refractivity contribution in [2.24, 2.45) is 0 Å². The van der Waals surface area contributed by atoms with Gasteiger partial charge in [-0.25, -0.2) is 14.6 Å². The first-order valence-corrected chi connectivity index (χ1v) is 11.5. The van der Waals surface area contributed by atoms with E-state index >= 15 is 0 Å². The van der Waals surface area contributed by atoms with Crippen LogP contribution in [0, 0.1) is 0 Å². The molecule has 0 saturated carbocycles. The van der Waals surface area contributed by atoms with Crippen LogP contribution >= 0.6 is 0 Å². The first-order valence-electron chi connectivity index (χ1n) is 11.5. The molecule has 1 aliphatic heterocycles. The molecule has 3 heterocycles. The van der Waals surface area contributed by atoms with Gasteiger partial charge in [-0.2, -0.15) is 0 Å². The van der Waals surface area contributed by atoms with E-state index in [0.717, 1.165) is 5.69 Å². The van der Waals surface area contributed by atoms with Crippen molar-refractivity contribution in [3.63, 3.8) is 0 Å². The van der Waals surface area contributed by atoms with E-state index < -0.39 is 0 Å². The molecule has 1 saturated heterocycles. The number of carbonyl (C=O) groups is 1. The van der Waals surface area contributed by atoms with Crippen LogP contribution in [0.25, 0.3) is 10.9 Å². The highest BCUT2D eigenvalue weighted by atomic mass is 16.6. The summed E-state index contributed by atoms with van der Waals surface area (Å²) in [4.78, 5) is 21.0. The van der Waals surface area contributed by atoms with E-state index in [-0.39, 0.29) is 24.5 Å². The highest BCUT2D eigenvalue weighted by Crippen LogP contribution is 2.37. The molecule has 0 spiro atoms. The molecule has 5 rings (SSSR count). The lowest BCUT2D eigenvalue weighted by molar-refractivity contribution is -0.116. The molecule has 1 aliphatic rings. The summed E-state index contributed by atoms with van der Waals surface area (Å²) in [6, 6.07) is 10.6. The number of ether oxygens (including phenoxy) is 4. The Morgan fingerprint density at radius 3 is 2.64 bits per heavy atom. The second-order valence-corrected chi connectivity index (χ2v) is 8.65. The largest absolute Gasteiger partial charge is 0.493 e. The van der Waals surface area contributed by atoms with Crippen molar-refractivity contribution < 1.29 is 23.7 Å². The number of hydrogen-bond donors (Lipinski definition) is 1. The van der Waals surface area contributed by atoms with Gasteiger partial charge in [0.2, 0.25) is 11.8 Å². The highest BCUT2D eigenvalue weighted by Gasteiger charge is 2.23. The van der Waals surface area contributed by atoms with E-state index in [4.69, 9.17) is 18.9 Å². The Hall–Kier alpha value is -4.25. The van der Waals surface area contributed by atoms with Crippen molar-refractivity contribution in [1.82, 2.24) is 25.0 Å². The molecular weight excluding hydrogens is 464 g/mol. The number of nitrogens with one attached hydrogen (secondary N) is 1. The van der Waals surface area contributed by atoms with Gasteiger partial charge in [0.05, 0.1) is 36.9 Å². The minimum atomic E-state index is -0.204. The summed E-state index contributed by atoms with van der Waals surface area (Å²) in [6.07, 6.45) is 3.21. The molecule has 2 aromatic carbocycles. The van der Waals surface area contributed by atoms with Gasteiger partial charge in [-0.15, -0.1) is 5.10 Å². The molecule has 0 bridgehead atoms. The Morgan fingerprint density at radius 1 is 1.17 bits per heavy atom. The lowest BCUT2D eigenvalue weighted by atomic mass is 10.2. The summed E-state index contributed by atoms with van der Waals surface area (Å²) < 4.78 is 24.2. The van der Waals surface area contributed by atoms with Gasteiger partial charge in [-0.1, -0.05) is 19.1 Å². The third-order valence-corrected chi connectivity index (χ3v) is 5.59. The number of aromatic nitrogens is 5. The zero-order valence-electron chi connectivity index (χ0n) is 20.2. The normalized spacial score (nSPS) is 13.4. The molecule has 0 aliphatic carbocycles. The molecule has 0 radical (unpaired) electrons. The molecule has 186 valence electrons. The molecule has 2 aromatic heterocycles. The fourth-order valence-electron chi connectivity index (χ4n) is 3.56. The number of anilines is 1. The summed E-state index contributed by atoms with van der Waals surface area (Å²) in [5.41, 5.74) is 2.14. The molecule has 0 unspecified atom stereocenters. The lowest BCUT2D eigenvalue weighted by Gasteiger charge is -2.27. The standard InChI is InChI=1S/C25H26N6O5/c1-15(2)21-10-31(30-29-21)11-24(32)28-16-4-6-17(7-5-16)36-25-19-8-22(33-3)23(35-18-12-34-13-18)9-20(19)26-14-27-25/h4-10,14-15,18H,11-13H2,1-3H3,(H,28,32). The number of fused-ring (bicyclic) bond motifs is 1. The molecule has 0 atom stereocenters. The van der Waals surface area contributed by atoms with Crippen molar-refractivity contribution in [3.8, 4) is 23.1 Å². The van der Waals surface area contributed by atoms with E-state index in [0.29, 0.717) is 52.9 Å². The van der Waals surface area contributed by atoms with Crippen LogP contribution in [0.1, 0.15) is 25.5 Å². The number of benzene rings is 2. The minimum absolute atomic E-state index is 0.00151. The zero-order valence-corrected chi connectivity index (χ0v) is 20.2. The predicted molar refractivity (Wildman–Crippen MR) is 131 cm³/mol. The summed E-state index contributed by atoms with van der Waals surface area (Å²) in [5.74, 6) is 2.12. The van der Waals surface area contributed by atoms with E-state index in [9.17, 15) is 4.79 Å². The fraction of sp³-hybridized carbons (Fsp3) is 0.320. The minimum Gasteiger partial charge on any atom is -0.493 e. The van der Waals surface area contributed by atoms with E-state index in [1.807, 2.05) is 13.8 Å². The third-order valence-electron chi connectivity index (χ3n) is 5.59. The average Bonchev–Trinajstić information content (AvgIpc) is 3.31. The summed E-state index contributed by atoms with van der Waals surface area (Å²) in [5, 5.41) is 11.6. The summed E-state index contributed by atoms with van der Waals surface area (Å²) in [7, 11) is 1.58. The van der Waals surface area contributed by atoms with Crippen molar-refractivity contribution in [1.29, 1.82) is 0 Å². The smallest absolute Gasteiger partial charge is 0.246 e. The fourth-order valence-corrected chi connectivity index (χ4v) is 3.56. The molecule has 36 heavy (non-hydrogen) atoms. The predicted octanol–water partition coefficient (Wildman–Crippen LogP) is 3.56. The second-order valence-electron chi connectivity index (χ2n) is 8.65. The highest BCUT2D eigenvalue weighted by molar-refractivity contribution is 5.90. The first kappa shape index (κ1) is 23.5. The van der Waals surface area contributed by atoms with Crippen LogP contribution in [-0.4, -0.2) is 57.3 Å². The van der Waals surface area contributed by atoms with Gasteiger partial charge in [-0.3, -0.25) is 4.79 Å². The number of hydrogen-bond acceptors (Lipinski definition) is 9. The number of rotatable bonds is 9. The Bertz CT molecular complexity index is 1370. The van der Waals surface area contributed by atoms with Crippen molar-refractivity contribution >= 4 is 22.5 Å². The number of methoxy groups -OCH3 is 1. The maximum atomic E-state index is 12.4. The van der Waals surface area contributed by atoms with Gasteiger partial charge in [0.25, 0.3) is 0 Å². The van der Waals surface area contributed by atoms with Gasteiger partial charge in [0.1, 0.15) is 24.7 Å².